The quantitative estimate of drug-likeness (QED) is 0.875. The Labute approximate surface area is 127 Å². The number of methoxy groups -OCH3 is 1. The van der Waals surface area contributed by atoms with Gasteiger partial charge in [-0.1, -0.05) is 12.1 Å². The van der Waals surface area contributed by atoms with E-state index in [1.54, 1.807) is 7.11 Å². The minimum atomic E-state index is 0.100. The molecule has 0 aliphatic carbocycles. The van der Waals surface area contributed by atoms with E-state index >= 15 is 0 Å². The summed E-state index contributed by atoms with van der Waals surface area (Å²) in [5.41, 5.74) is 2.16. The van der Waals surface area contributed by atoms with Gasteiger partial charge in [-0.05, 0) is 34.7 Å². The average molecular weight is 303 g/mol. The van der Waals surface area contributed by atoms with Crippen LogP contribution < -0.4 is 4.74 Å². The maximum absolute atomic E-state index is 12.4. The smallest absolute Gasteiger partial charge is 0.264 e. The van der Waals surface area contributed by atoms with E-state index in [9.17, 15) is 4.79 Å². The predicted octanol–water partition coefficient (Wildman–Crippen LogP) is 2.90. The molecule has 0 unspecified atom stereocenters. The fourth-order valence-corrected chi connectivity index (χ4v) is 3.19. The molecule has 1 aliphatic rings. The third-order valence-corrected chi connectivity index (χ3v) is 4.45. The number of benzene rings is 1. The lowest BCUT2D eigenvalue weighted by Crippen LogP contribution is -2.40. The van der Waals surface area contributed by atoms with Crippen molar-refractivity contribution < 1.29 is 14.3 Å². The fraction of sp³-hybridized carbons (Fsp3) is 0.312. The van der Waals surface area contributed by atoms with Crippen molar-refractivity contribution in [1.82, 2.24) is 4.90 Å². The highest BCUT2D eigenvalue weighted by Crippen LogP contribution is 2.28. The van der Waals surface area contributed by atoms with Gasteiger partial charge in [-0.15, -0.1) is 11.3 Å². The molecule has 0 radical (unpaired) electrons. The SMILES string of the molecule is COc1ccc(-c2csc(C(=O)N3CCOCC3)c2)cc1. The van der Waals surface area contributed by atoms with Crippen molar-refractivity contribution >= 4 is 17.2 Å². The highest BCUT2D eigenvalue weighted by molar-refractivity contribution is 7.12. The van der Waals surface area contributed by atoms with E-state index in [1.807, 2.05) is 40.6 Å². The molecule has 0 atom stereocenters. The number of ether oxygens (including phenoxy) is 2. The summed E-state index contributed by atoms with van der Waals surface area (Å²) in [4.78, 5) is 15.0. The minimum Gasteiger partial charge on any atom is -0.497 e. The summed E-state index contributed by atoms with van der Waals surface area (Å²) in [6.07, 6.45) is 0. The Balaban J connectivity index is 1.77. The van der Waals surface area contributed by atoms with Gasteiger partial charge in [-0.2, -0.15) is 0 Å². The molecule has 1 amide bonds. The Morgan fingerprint density at radius 2 is 1.90 bits per heavy atom. The highest BCUT2D eigenvalue weighted by atomic mass is 32.1. The van der Waals surface area contributed by atoms with Crippen LogP contribution >= 0.6 is 11.3 Å². The van der Waals surface area contributed by atoms with Crippen LogP contribution in [0.4, 0.5) is 0 Å². The van der Waals surface area contributed by atoms with Crippen LogP contribution in [-0.2, 0) is 4.74 Å². The Morgan fingerprint density at radius 1 is 1.19 bits per heavy atom. The normalized spacial score (nSPS) is 15.0. The molecule has 0 bridgehead atoms. The Morgan fingerprint density at radius 3 is 2.57 bits per heavy atom. The van der Waals surface area contributed by atoms with Gasteiger partial charge >= 0.3 is 0 Å². The summed E-state index contributed by atoms with van der Waals surface area (Å²) < 4.78 is 10.4. The molecule has 1 aromatic carbocycles. The first-order valence-electron chi connectivity index (χ1n) is 6.88. The molecule has 110 valence electrons. The van der Waals surface area contributed by atoms with Gasteiger partial charge in [0, 0.05) is 13.1 Å². The summed E-state index contributed by atoms with van der Waals surface area (Å²) >= 11 is 1.49. The Hall–Kier alpha value is -1.85. The zero-order chi connectivity index (χ0) is 14.7. The number of amides is 1. The largest absolute Gasteiger partial charge is 0.497 e. The van der Waals surface area contributed by atoms with Crippen LogP contribution in [0.5, 0.6) is 5.75 Å². The highest BCUT2D eigenvalue weighted by Gasteiger charge is 2.20. The van der Waals surface area contributed by atoms with Crippen molar-refractivity contribution in [2.45, 2.75) is 0 Å². The van der Waals surface area contributed by atoms with Crippen molar-refractivity contribution in [2.75, 3.05) is 33.4 Å². The lowest BCUT2D eigenvalue weighted by atomic mass is 10.1. The average Bonchev–Trinajstić information content (AvgIpc) is 3.05. The molecule has 1 aromatic heterocycles. The van der Waals surface area contributed by atoms with E-state index in [0.717, 1.165) is 21.8 Å². The molecule has 2 heterocycles. The molecule has 1 fully saturated rings. The minimum absolute atomic E-state index is 0.100. The number of thiophene rings is 1. The first-order chi connectivity index (χ1) is 10.3. The molecule has 2 aromatic rings. The maximum Gasteiger partial charge on any atom is 0.264 e. The van der Waals surface area contributed by atoms with Gasteiger partial charge in [0.1, 0.15) is 5.75 Å². The fourth-order valence-electron chi connectivity index (χ4n) is 2.31. The zero-order valence-corrected chi connectivity index (χ0v) is 12.7. The second-order valence-electron chi connectivity index (χ2n) is 4.83. The third-order valence-electron chi connectivity index (χ3n) is 3.53. The Kier molecular flexibility index (Phi) is 4.22. The van der Waals surface area contributed by atoms with Gasteiger partial charge < -0.3 is 14.4 Å². The first kappa shape index (κ1) is 14.1. The molecule has 5 heteroatoms. The zero-order valence-electron chi connectivity index (χ0n) is 11.9. The summed E-state index contributed by atoms with van der Waals surface area (Å²) in [6.45, 7) is 2.61. The van der Waals surface area contributed by atoms with Crippen molar-refractivity contribution in [2.24, 2.45) is 0 Å². The maximum atomic E-state index is 12.4. The van der Waals surface area contributed by atoms with Crippen LogP contribution in [0, 0.1) is 0 Å². The van der Waals surface area contributed by atoms with Gasteiger partial charge in [0.15, 0.2) is 0 Å². The molecule has 1 aliphatic heterocycles. The van der Waals surface area contributed by atoms with Crippen LogP contribution in [0.3, 0.4) is 0 Å². The summed E-state index contributed by atoms with van der Waals surface area (Å²) in [5, 5.41) is 2.02. The second-order valence-corrected chi connectivity index (χ2v) is 5.74. The standard InChI is InChI=1S/C16H17NO3S/c1-19-14-4-2-12(3-5-14)13-10-15(21-11-13)16(18)17-6-8-20-9-7-17/h2-5,10-11H,6-9H2,1H3. The molecule has 0 saturated carbocycles. The van der Waals surface area contributed by atoms with Gasteiger partial charge in [0.05, 0.1) is 25.2 Å². The van der Waals surface area contributed by atoms with Crippen LogP contribution in [0.1, 0.15) is 9.67 Å². The van der Waals surface area contributed by atoms with E-state index in [2.05, 4.69) is 0 Å². The van der Waals surface area contributed by atoms with Crippen molar-refractivity contribution in [3.63, 3.8) is 0 Å². The van der Waals surface area contributed by atoms with Gasteiger partial charge in [0.2, 0.25) is 0 Å². The van der Waals surface area contributed by atoms with Crippen LogP contribution in [0.2, 0.25) is 0 Å². The van der Waals surface area contributed by atoms with Gasteiger partial charge in [-0.25, -0.2) is 0 Å². The van der Waals surface area contributed by atoms with Crippen molar-refractivity contribution in [1.29, 1.82) is 0 Å². The van der Waals surface area contributed by atoms with Crippen molar-refractivity contribution in [3.8, 4) is 16.9 Å². The monoisotopic (exact) mass is 303 g/mol. The molecule has 1 saturated heterocycles. The van der Waals surface area contributed by atoms with Gasteiger partial charge in [0.25, 0.3) is 5.91 Å². The summed E-state index contributed by atoms with van der Waals surface area (Å²) in [6, 6.07) is 9.82. The number of carbonyl (C=O) groups excluding carboxylic acids is 1. The van der Waals surface area contributed by atoms with E-state index in [0.29, 0.717) is 26.3 Å². The summed E-state index contributed by atoms with van der Waals surface area (Å²) in [7, 11) is 1.65. The topological polar surface area (TPSA) is 38.8 Å². The molecular formula is C16H17NO3S. The second kappa shape index (κ2) is 6.28. The van der Waals surface area contributed by atoms with Gasteiger partial charge in [-0.3, -0.25) is 4.79 Å². The van der Waals surface area contributed by atoms with Crippen molar-refractivity contribution in [3.05, 3.63) is 40.6 Å². The van der Waals surface area contributed by atoms with E-state index in [1.165, 1.54) is 11.3 Å². The van der Waals surface area contributed by atoms with Crippen LogP contribution in [0.15, 0.2) is 35.7 Å². The summed E-state index contributed by atoms with van der Waals surface area (Å²) in [5.74, 6) is 0.932. The number of nitrogens with zero attached hydrogens (tertiary/aromatic N) is 1. The predicted molar refractivity (Wildman–Crippen MR) is 83.0 cm³/mol. The van der Waals surface area contributed by atoms with E-state index < -0.39 is 0 Å². The lowest BCUT2D eigenvalue weighted by molar-refractivity contribution is 0.0306. The molecule has 3 rings (SSSR count). The first-order valence-corrected chi connectivity index (χ1v) is 7.76. The van der Waals surface area contributed by atoms with Crippen LogP contribution in [-0.4, -0.2) is 44.2 Å². The van der Waals surface area contributed by atoms with E-state index in [4.69, 9.17) is 9.47 Å². The Bertz CT molecular complexity index is 615. The number of hydrogen-bond acceptors (Lipinski definition) is 4. The molecule has 0 N–H and O–H groups in total. The number of hydrogen-bond donors (Lipinski definition) is 0. The number of rotatable bonds is 3. The molecule has 21 heavy (non-hydrogen) atoms. The number of carbonyl (C=O) groups is 1. The third kappa shape index (κ3) is 3.09. The van der Waals surface area contributed by atoms with Crippen LogP contribution in [0.25, 0.3) is 11.1 Å². The lowest BCUT2D eigenvalue weighted by Gasteiger charge is -2.26. The molecule has 4 nitrogen and oxygen atoms in total. The van der Waals surface area contributed by atoms with E-state index in [-0.39, 0.29) is 5.91 Å². The molecular weight excluding hydrogens is 286 g/mol. The molecule has 0 spiro atoms. The number of morpholine rings is 1.